The van der Waals surface area contributed by atoms with Gasteiger partial charge in [0.25, 0.3) is 11.6 Å². The number of benzene rings is 1. The van der Waals surface area contributed by atoms with Crippen LogP contribution in [0.15, 0.2) is 18.2 Å². The zero-order chi connectivity index (χ0) is 19.6. The molecule has 1 amide bonds. The molecule has 1 N–H and O–H groups in total. The van der Waals surface area contributed by atoms with E-state index in [-0.39, 0.29) is 18.2 Å². The fourth-order valence-electron chi connectivity index (χ4n) is 2.89. The molecule has 0 saturated heterocycles. The first-order valence-corrected chi connectivity index (χ1v) is 8.08. The number of ether oxygens (including phenoxy) is 1. The van der Waals surface area contributed by atoms with Crippen molar-refractivity contribution in [3.8, 4) is 0 Å². The van der Waals surface area contributed by atoms with E-state index in [4.69, 9.17) is 4.74 Å². The van der Waals surface area contributed by atoms with E-state index >= 15 is 0 Å². The van der Waals surface area contributed by atoms with E-state index in [1.54, 1.807) is 39.3 Å². The Morgan fingerprint density at radius 1 is 1.27 bits per heavy atom. The molecule has 2 rings (SSSR count). The number of hydrogen-bond acceptors (Lipinski definition) is 5. The van der Waals surface area contributed by atoms with Gasteiger partial charge in [0, 0.05) is 30.6 Å². The van der Waals surface area contributed by atoms with Gasteiger partial charge in [-0.1, -0.05) is 0 Å². The Labute approximate surface area is 150 Å². The van der Waals surface area contributed by atoms with Gasteiger partial charge in [-0.3, -0.25) is 14.9 Å². The summed E-state index contributed by atoms with van der Waals surface area (Å²) in [5.41, 5.74) is 2.87. The van der Waals surface area contributed by atoms with Crippen LogP contribution in [0.5, 0.6) is 0 Å². The second kappa shape index (κ2) is 7.38. The Balaban J connectivity index is 2.38. The second-order valence-electron chi connectivity index (χ2n) is 5.92. The zero-order valence-electron chi connectivity index (χ0n) is 15.4. The van der Waals surface area contributed by atoms with Crippen molar-refractivity contribution in [2.45, 2.75) is 27.7 Å². The first kappa shape index (κ1) is 19.2. The van der Waals surface area contributed by atoms with Crippen molar-refractivity contribution in [3.05, 3.63) is 56.4 Å². The number of anilines is 1. The molecule has 0 aliphatic heterocycles. The minimum atomic E-state index is -0.490. The second-order valence-corrected chi connectivity index (χ2v) is 5.92. The van der Waals surface area contributed by atoms with Gasteiger partial charge < -0.3 is 14.6 Å². The maximum Gasteiger partial charge on any atom is 0.355 e. The lowest BCUT2D eigenvalue weighted by Gasteiger charge is -2.09. The van der Waals surface area contributed by atoms with E-state index < -0.39 is 10.9 Å². The SMILES string of the molecule is CCOC(=O)c1c(C)c(C(=O)Nc2ccc([N+](=O)[O-])cc2C)c(C)n1C. The quantitative estimate of drug-likeness (QED) is 0.501. The predicted octanol–water partition coefficient (Wildman–Crippen LogP) is 3.29. The zero-order valence-corrected chi connectivity index (χ0v) is 15.4. The average molecular weight is 359 g/mol. The molecule has 0 fully saturated rings. The number of esters is 1. The fourth-order valence-corrected chi connectivity index (χ4v) is 2.89. The Kier molecular flexibility index (Phi) is 5.44. The highest BCUT2D eigenvalue weighted by molar-refractivity contribution is 6.08. The standard InChI is InChI=1S/C18H21N3O5/c1-6-26-18(23)16-11(3)15(12(4)20(16)5)17(22)19-14-8-7-13(21(24)25)9-10(14)2/h7-9H,6H2,1-5H3,(H,19,22). The van der Waals surface area contributed by atoms with Gasteiger partial charge in [0.1, 0.15) is 5.69 Å². The van der Waals surface area contributed by atoms with Crippen molar-refractivity contribution >= 4 is 23.3 Å². The molecule has 2 aromatic rings. The smallest absolute Gasteiger partial charge is 0.355 e. The Hall–Kier alpha value is -3.16. The van der Waals surface area contributed by atoms with E-state index in [0.717, 1.165) is 0 Å². The van der Waals surface area contributed by atoms with E-state index in [9.17, 15) is 19.7 Å². The number of carbonyl (C=O) groups is 2. The van der Waals surface area contributed by atoms with Crippen molar-refractivity contribution in [2.24, 2.45) is 7.05 Å². The van der Waals surface area contributed by atoms with Crippen LogP contribution in [0.4, 0.5) is 11.4 Å². The third-order valence-corrected chi connectivity index (χ3v) is 4.30. The average Bonchev–Trinajstić information content (AvgIpc) is 2.79. The summed E-state index contributed by atoms with van der Waals surface area (Å²) in [5, 5.41) is 13.6. The maximum absolute atomic E-state index is 12.8. The number of aromatic nitrogens is 1. The first-order chi connectivity index (χ1) is 12.2. The number of hydrogen-bond donors (Lipinski definition) is 1. The minimum Gasteiger partial charge on any atom is -0.461 e. The summed E-state index contributed by atoms with van der Waals surface area (Å²) < 4.78 is 6.69. The highest BCUT2D eigenvalue weighted by atomic mass is 16.6. The Morgan fingerprint density at radius 2 is 1.92 bits per heavy atom. The molecule has 0 spiro atoms. The number of nitrogens with one attached hydrogen (secondary N) is 1. The third kappa shape index (κ3) is 3.44. The molecule has 0 radical (unpaired) electrons. The Morgan fingerprint density at radius 3 is 2.46 bits per heavy atom. The van der Waals surface area contributed by atoms with Crippen LogP contribution >= 0.6 is 0 Å². The summed E-state index contributed by atoms with van der Waals surface area (Å²) in [6.07, 6.45) is 0. The summed E-state index contributed by atoms with van der Waals surface area (Å²) in [6, 6.07) is 4.22. The number of carbonyl (C=O) groups excluding carboxylic acids is 2. The van der Waals surface area contributed by atoms with Gasteiger partial charge in [-0.15, -0.1) is 0 Å². The van der Waals surface area contributed by atoms with Crippen LogP contribution in [-0.4, -0.2) is 28.0 Å². The van der Waals surface area contributed by atoms with Gasteiger partial charge in [-0.05, 0) is 44.9 Å². The molecule has 0 saturated carbocycles. The monoisotopic (exact) mass is 359 g/mol. The van der Waals surface area contributed by atoms with Crippen LogP contribution in [0, 0.1) is 30.9 Å². The predicted molar refractivity (Wildman–Crippen MR) is 96.6 cm³/mol. The molecule has 1 aromatic heterocycles. The molecular formula is C18H21N3O5. The number of amides is 1. The molecule has 0 bridgehead atoms. The molecule has 0 aliphatic rings. The number of nitro groups is 1. The molecule has 0 aliphatic carbocycles. The highest BCUT2D eigenvalue weighted by Gasteiger charge is 2.26. The van der Waals surface area contributed by atoms with Gasteiger partial charge in [-0.2, -0.15) is 0 Å². The minimum absolute atomic E-state index is 0.0443. The van der Waals surface area contributed by atoms with Crippen LogP contribution in [0.2, 0.25) is 0 Å². The molecule has 0 atom stereocenters. The van der Waals surface area contributed by atoms with Crippen molar-refractivity contribution in [3.63, 3.8) is 0 Å². The summed E-state index contributed by atoms with van der Waals surface area (Å²) in [6.45, 7) is 7.07. The van der Waals surface area contributed by atoms with E-state index in [1.165, 1.54) is 18.2 Å². The molecular weight excluding hydrogens is 338 g/mol. The van der Waals surface area contributed by atoms with Crippen LogP contribution in [0.3, 0.4) is 0 Å². The van der Waals surface area contributed by atoms with Crippen LogP contribution in [-0.2, 0) is 11.8 Å². The molecule has 0 unspecified atom stereocenters. The van der Waals surface area contributed by atoms with Crippen molar-refractivity contribution in [2.75, 3.05) is 11.9 Å². The molecule has 1 aromatic carbocycles. The summed E-state index contributed by atoms with van der Waals surface area (Å²) in [7, 11) is 1.70. The number of rotatable bonds is 5. The van der Waals surface area contributed by atoms with Gasteiger partial charge >= 0.3 is 5.97 Å². The maximum atomic E-state index is 12.8. The van der Waals surface area contributed by atoms with Crippen molar-refractivity contribution < 1.29 is 19.2 Å². The fraction of sp³-hybridized carbons (Fsp3) is 0.333. The molecule has 8 nitrogen and oxygen atoms in total. The summed E-state index contributed by atoms with van der Waals surface area (Å²) in [5.74, 6) is -0.871. The summed E-state index contributed by atoms with van der Waals surface area (Å²) >= 11 is 0. The van der Waals surface area contributed by atoms with Crippen molar-refractivity contribution in [1.29, 1.82) is 0 Å². The lowest BCUT2D eigenvalue weighted by Crippen LogP contribution is -2.15. The highest BCUT2D eigenvalue weighted by Crippen LogP contribution is 2.25. The molecule has 138 valence electrons. The molecule has 26 heavy (non-hydrogen) atoms. The van der Waals surface area contributed by atoms with Crippen LogP contribution in [0.1, 0.15) is 44.6 Å². The van der Waals surface area contributed by atoms with Gasteiger partial charge in [0.15, 0.2) is 0 Å². The van der Waals surface area contributed by atoms with Gasteiger partial charge in [0.05, 0.1) is 17.1 Å². The summed E-state index contributed by atoms with van der Waals surface area (Å²) in [4.78, 5) is 35.2. The Bertz CT molecular complexity index is 899. The van der Waals surface area contributed by atoms with E-state index in [0.29, 0.717) is 33.8 Å². The topological polar surface area (TPSA) is 103 Å². The normalized spacial score (nSPS) is 10.5. The van der Waals surface area contributed by atoms with Gasteiger partial charge in [0.2, 0.25) is 0 Å². The number of nitrogens with zero attached hydrogens (tertiary/aromatic N) is 2. The van der Waals surface area contributed by atoms with Crippen LogP contribution in [0.25, 0.3) is 0 Å². The largest absolute Gasteiger partial charge is 0.461 e. The molecule has 1 heterocycles. The number of nitro benzene ring substituents is 1. The number of aryl methyl sites for hydroxylation is 1. The lowest BCUT2D eigenvalue weighted by molar-refractivity contribution is -0.384. The van der Waals surface area contributed by atoms with E-state index in [2.05, 4.69) is 5.32 Å². The lowest BCUT2D eigenvalue weighted by atomic mass is 10.1. The van der Waals surface area contributed by atoms with Crippen molar-refractivity contribution in [1.82, 2.24) is 4.57 Å². The van der Waals surface area contributed by atoms with Gasteiger partial charge in [-0.25, -0.2) is 4.79 Å². The third-order valence-electron chi connectivity index (χ3n) is 4.30. The molecule has 8 heteroatoms. The van der Waals surface area contributed by atoms with E-state index in [1.807, 2.05) is 0 Å². The number of non-ortho nitro benzene ring substituents is 1. The van der Waals surface area contributed by atoms with Crippen LogP contribution < -0.4 is 5.32 Å². The first-order valence-electron chi connectivity index (χ1n) is 8.08.